The van der Waals surface area contributed by atoms with E-state index in [-0.39, 0.29) is 11.5 Å². The second-order valence-corrected chi connectivity index (χ2v) is 1.52. The molecule has 0 aromatic heterocycles. The van der Waals surface area contributed by atoms with Gasteiger partial charge in [0.05, 0.1) is 0 Å². The summed E-state index contributed by atoms with van der Waals surface area (Å²) in [5.41, 5.74) is 0. The highest BCUT2D eigenvalue weighted by Crippen LogP contribution is 2.13. The highest BCUT2D eigenvalue weighted by molar-refractivity contribution is 5.28. The van der Waals surface area contributed by atoms with E-state index in [1.807, 2.05) is 6.79 Å². The summed E-state index contributed by atoms with van der Waals surface area (Å²) in [5.74, 6) is 0.339. The Labute approximate surface area is 58.6 Å². The molecule has 2 N–H and O–H groups in total. The zero-order chi connectivity index (χ0) is 7.98. The van der Waals surface area contributed by atoms with E-state index in [9.17, 15) is 0 Å². The molecule has 3 heteroatoms. The van der Waals surface area contributed by atoms with Crippen molar-refractivity contribution in [1.29, 1.82) is 0 Å². The Morgan fingerprint density at radius 1 is 0.900 bits per heavy atom. The molecule has 0 heterocycles. The number of carbonyl (C=O) groups is 1. The van der Waals surface area contributed by atoms with E-state index in [0.29, 0.717) is 0 Å². The van der Waals surface area contributed by atoms with Crippen LogP contribution in [0.15, 0.2) is 24.3 Å². The number of aromatic hydroxyl groups is 2. The van der Waals surface area contributed by atoms with Crippen LogP contribution < -0.4 is 0 Å². The van der Waals surface area contributed by atoms with Crippen molar-refractivity contribution in [3.8, 4) is 11.5 Å². The van der Waals surface area contributed by atoms with Crippen LogP contribution in [0, 0.1) is 0 Å². The molecule has 54 valence electrons. The second-order valence-electron chi connectivity index (χ2n) is 1.52. The first-order chi connectivity index (χ1) is 4.79. The van der Waals surface area contributed by atoms with E-state index in [0.717, 1.165) is 0 Å². The van der Waals surface area contributed by atoms with E-state index in [1.54, 1.807) is 0 Å². The lowest BCUT2D eigenvalue weighted by Crippen LogP contribution is -1.61. The standard InChI is InChI=1S/C6H6O2.CH2O/c7-5-1-2-6(8)4-3-5;1-2/h1-4,7-8H;1H2. The van der Waals surface area contributed by atoms with Crippen molar-refractivity contribution in [2.24, 2.45) is 0 Å². The van der Waals surface area contributed by atoms with Crippen molar-refractivity contribution >= 4 is 6.79 Å². The van der Waals surface area contributed by atoms with Gasteiger partial charge in [0.25, 0.3) is 0 Å². The van der Waals surface area contributed by atoms with Crippen LogP contribution in [-0.4, -0.2) is 17.0 Å². The Morgan fingerprint density at radius 2 is 1.10 bits per heavy atom. The lowest BCUT2D eigenvalue weighted by atomic mass is 10.3. The molecule has 1 aromatic carbocycles. The minimum Gasteiger partial charge on any atom is -0.508 e. The summed E-state index contributed by atoms with van der Waals surface area (Å²) >= 11 is 0. The van der Waals surface area contributed by atoms with Gasteiger partial charge in [0, 0.05) is 0 Å². The molecule has 0 aliphatic heterocycles. The summed E-state index contributed by atoms with van der Waals surface area (Å²) in [6.07, 6.45) is 0. The van der Waals surface area contributed by atoms with E-state index in [2.05, 4.69) is 0 Å². The average molecular weight is 140 g/mol. The minimum absolute atomic E-state index is 0.169. The molecule has 0 radical (unpaired) electrons. The SMILES string of the molecule is C=O.Oc1ccc(O)cc1. The first-order valence-electron chi connectivity index (χ1n) is 2.56. The molecule has 0 atom stereocenters. The zero-order valence-corrected chi connectivity index (χ0v) is 5.32. The third-order valence-corrected chi connectivity index (χ3v) is 0.850. The van der Waals surface area contributed by atoms with Gasteiger partial charge >= 0.3 is 0 Å². The van der Waals surface area contributed by atoms with Crippen LogP contribution in [0.3, 0.4) is 0 Å². The summed E-state index contributed by atoms with van der Waals surface area (Å²) in [6.45, 7) is 2.00. The van der Waals surface area contributed by atoms with Crippen LogP contribution >= 0.6 is 0 Å². The number of rotatable bonds is 0. The summed E-state index contributed by atoms with van der Waals surface area (Å²) in [7, 11) is 0. The Bertz CT molecular complexity index is 160. The third kappa shape index (κ3) is 2.71. The molecule has 0 amide bonds. The van der Waals surface area contributed by atoms with Crippen LogP contribution in [0.4, 0.5) is 0 Å². The van der Waals surface area contributed by atoms with Gasteiger partial charge in [-0.2, -0.15) is 0 Å². The van der Waals surface area contributed by atoms with Gasteiger partial charge in [-0.25, -0.2) is 0 Å². The molecule has 0 aliphatic carbocycles. The number of hydrogen-bond donors (Lipinski definition) is 2. The average Bonchev–Trinajstić information content (AvgIpc) is 2.00. The predicted octanol–water partition coefficient (Wildman–Crippen LogP) is 0.913. The molecule has 0 saturated carbocycles. The lowest BCUT2D eigenvalue weighted by molar-refractivity contribution is -0.0979. The molecule has 0 fully saturated rings. The fourth-order valence-corrected chi connectivity index (χ4v) is 0.453. The Kier molecular flexibility index (Phi) is 3.72. The van der Waals surface area contributed by atoms with Gasteiger partial charge in [-0.3, -0.25) is 0 Å². The van der Waals surface area contributed by atoms with Crippen molar-refractivity contribution < 1.29 is 15.0 Å². The third-order valence-electron chi connectivity index (χ3n) is 0.850. The van der Waals surface area contributed by atoms with Gasteiger partial charge in [-0.1, -0.05) is 0 Å². The molecule has 1 aromatic rings. The first kappa shape index (κ1) is 8.49. The van der Waals surface area contributed by atoms with Crippen LogP contribution in [-0.2, 0) is 4.79 Å². The maximum absolute atomic E-state index is 8.65. The maximum atomic E-state index is 8.65. The highest BCUT2D eigenvalue weighted by atomic mass is 16.3. The Balaban J connectivity index is 0.000000371. The number of benzene rings is 1. The monoisotopic (exact) mass is 140 g/mol. The summed E-state index contributed by atoms with van der Waals surface area (Å²) in [6, 6.07) is 5.70. The molecule has 0 spiro atoms. The highest BCUT2D eigenvalue weighted by Gasteiger charge is 1.84. The van der Waals surface area contributed by atoms with Crippen LogP contribution in [0.5, 0.6) is 11.5 Å². The summed E-state index contributed by atoms with van der Waals surface area (Å²) in [5, 5.41) is 17.3. The normalized spacial score (nSPS) is 7.60. The molecule has 10 heavy (non-hydrogen) atoms. The van der Waals surface area contributed by atoms with E-state index >= 15 is 0 Å². The smallest absolute Gasteiger partial charge is 0.115 e. The summed E-state index contributed by atoms with van der Waals surface area (Å²) < 4.78 is 0. The van der Waals surface area contributed by atoms with Gasteiger partial charge in [0.1, 0.15) is 18.3 Å². The quantitative estimate of drug-likeness (QED) is 0.526. The maximum Gasteiger partial charge on any atom is 0.115 e. The van der Waals surface area contributed by atoms with Crippen molar-refractivity contribution in [2.45, 2.75) is 0 Å². The van der Waals surface area contributed by atoms with Gasteiger partial charge in [0.2, 0.25) is 0 Å². The largest absolute Gasteiger partial charge is 0.508 e. The Hall–Kier alpha value is -1.51. The van der Waals surface area contributed by atoms with Crippen molar-refractivity contribution in [1.82, 2.24) is 0 Å². The minimum atomic E-state index is 0.169. The topological polar surface area (TPSA) is 57.5 Å². The van der Waals surface area contributed by atoms with E-state index < -0.39 is 0 Å². The molecule has 0 saturated heterocycles. The first-order valence-corrected chi connectivity index (χ1v) is 2.56. The molecule has 3 nitrogen and oxygen atoms in total. The van der Waals surface area contributed by atoms with E-state index in [4.69, 9.17) is 15.0 Å². The second kappa shape index (κ2) is 4.38. The molecule has 0 aliphatic rings. The molecule has 1 rings (SSSR count). The molecule has 0 unspecified atom stereocenters. The zero-order valence-electron chi connectivity index (χ0n) is 5.32. The molecule has 0 bridgehead atoms. The van der Waals surface area contributed by atoms with Crippen molar-refractivity contribution in [2.75, 3.05) is 0 Å². The van der Waals surface area contributed by atoms with Crippen LogP contribution in [0.1, 0.15) is 0 Å². The number of phenolic OH excluding ortho intramolecular Hbond substituents is 2. The van der Waals surface area contributed by atoms with E-state index in [1.165, 1.54) is 24.3 Å². The number of phenols is 2. The molecular formula is C7H8O3. The van der Waals surface area contributed by atoms with Crippen molar-refractivity contribution in [3.63, 3.8) is 0 Å². The predicted molar refractivity (Wildman–Crippen MR) is 36.9 cm³/mol. The summed E-state index contributed by atoms with van der Waals surface area (Å²) in [4.78, 5) is 8.00. The number of carbonyl (C=O) groups excluding carboxylic acids is 1. The Morgan fingerprint density at radius 3 is 1.30 bits per heavy atom. The van der Waals surface area contributed by atoms with Gasteiger partial charge in [0.15, 0.2) is 0 Å². The van der Waals surface area contributed by atoms with Gasteiger partial charge < -0.3 is 15.0 Å². The van der Waals surface area contributed by atoms with Gasteiger partial charge in [-0.15, -0.1) is 0 Å². The lowest BCUT2D eigenvalue weighted by Gasteiger charge is -1.88. The van der Waals surface area contributed by atoms with Crippen molar-refractivity contribution in [3.05, 3.63) is 24.3 Å². The fraction of sp³-hybridized carbons (Fsp3) is 0. The number of hydrogen-bond acceptors (Lipinski definition) is 3. The molecular weight excluding hydrogens is 132 g/mol. The van der Waals surface area contributed by atoms with Crippen LogP contribution in [0.25, 0.3) is 0 Å². The van der Waals surface area contributed by atoms with Crippen LogP contribution in [0.2, 0.25) is 0 Å². The fourth-order valence-electron chi connectivity index (χ4n) is 0.453. The van der Waals surface area contributed by atoms with Gasteiger partial charge in [-0.05, 0) is 24.3 Å².